The fourth-order valence-electron chi connectivity index (χ4n) is 2.15. The minimum absolute atomic E-state index is 0. The van der Waals surface area contributed by atoms with Crippen LogP contribution in [0.2, 0.25) is 0 Å². The van der Waals surface area contributed by atoms with Crippen LogP contribution in [-0.2, 0) is 19.5 Å². The molecule has 0 aliphatic rings. The van der Waals surface area contributed by atoms with Crippen LogP contribution in [0.3, 0.4) is 0 Å². The van der Waals surface area contributed by atoms with E-state index in [1.807, 2.05) is 6.20 Å². The molecule has 1 aromatic carbocycles. The molecule has 0 saturated carbocycles. The Morgan fingerprint density at radius 1 is 1.29 bits per heavy atom. The third-order valence-electron chi connectivity index (χ3n) is 3.47. The SMILES string of the molecule is CCc1cnc(CNC(=NC)NCc2ccc(C)cc2SC)s1.I. The van der Waals surface area contributed by atoms with Crippen LogP contribution in [0.4, 0.5) is 0 Å². The lowest BCUT2D eigenvalue weighted by Gasteiger charge is -2.13. The summed E-state index contributed by atoms with van der Waals surface area (Å²) in [4.78, 5) is 11.3. The van der Waals surface area contributed by atoms with Crippen molar-refractivity contribution in [3.63, 3.8) is 0 Å². The highest BCUT2D eigenvalue weighted by Gasteiger charge is 2.05. The molecular weight excluding hydrogens is 451 g/mol. The molecule has 24 heavy (non-hydrogen) atoms. The summed E-state index contributed by atoms with van der Waals surface area (Å²) in [6, 6.07) is 6.55. The topological polar surface area (TPSA) is 49.3 Å². The molecule has 1 aromatic heterocycles. The summed E-state index contributed by atoms with van der Waals surface area (Å²) in [5.74, 6) is 0.797. The van der Waals surface area contributed by atoms with Crippen LogP contribution >= 0.6 is 47.1 Å². The molecule has 0 spiro atoms. The third-order valence-corrected chi connectivity index (χ3v) is 5.43. The predicted molar refractivity (Wildman–Crippen MR) is 117 cm³/mol. The van der Waals surface area contributed by atoms with Crippen molar-refractivity contribution in [1.82, 2.24) is 15.6 Å². The number of nitrogens with zero attached hydrogens (tertiary/aromatic N) is 2. The molecule has 0 amide bonds. The molecule has 0 radical (unpaired) electrons. The van der Waals surface area contributed by atoms with Crippen molar-refractivity contribution >= 4 is 53.0 Å². The maximum atomic E-state index is 4.42. The fourth-order valence-corrected chi connectivity index (χ4v) is 3.66. The van der Waals surface area contributed by atoms with Gasteiger partial charge in [-0.2, -0.15) is 0 Å². The normalized spacial score (nSPS) is 11.1. The number of hydrogen-bond donors (Lipinski definition) is 2. The van der Waals surface area contributed by atoms with Crippen LogP contribution in [0.25, 0.3) is 0 Å². The van der Waals surface area contributed by atoms with Gasteiger partial charge in [0.15, 0.2) is 5.96 Å². The average Bonchev–Trinajstić information content (AvgIpc) is 3.04. The Morgan fingerprint density at radius 2 is 2.04 bits per heavy atom. The zero-order valence-electron chi connectivity index (χ0n) is 14.5. The second kappa shape index (κ2) is 10.9. The number of aliphatic imine (C=N–C) groups is 1. The van der Waals surface area contributed by atoms with E-state index >= 15 is 0 Å². The molecule has 0 aliphatic carbocycles. The van der Waals surface area contributed by atoms with Gasteiger partial charge in [-0.15, -0.1) is 47.1 Å². The van der Waals surface area contributed by atoms with Crippen LogP contribution in [-0.4, -0.2) is 24.2 Å². The van der Waals surface area contributed by atoms with E-state index in [4.69, 9.17) is 0 Å². The minimum Gasteiger partial charge on any atom is -0.352 e. The highest BCUT2D eigenvalue weighted by atomic mass is 127. The molecule has 2 N–H and O–H groups in total. The van der Waals surface area contributed by atoms with Crippen molar-refractivity contribution in [2.45, 2.75) is 38.3 Å². The van der Waals surface area contributed by atoms with Gasteiger partial charge in [-0.25, -0.2) is 4.98 Å². The molecule has 0 fully saturated rings. The van der Waals surface area contributed by atoms with E-state index < -0.39 is 0 Å². The molecule has 0 unspecified atom stereocenters. The van der Waals surface area contributed by atoms with Crippen molar-refractivity contribution in [2.75, 3.05) is 13.3 Å². The summed E-state index contributed by atoms with van der Waals surface area (Å²) in [5, 5.41) is 7.78. The zero-order valence-corrected chi connectivity index (χ0v) is 18.5. The number of aryl methyl sites for hydroxylation is 2. The lowest BCUT2D eigenvalue weighted by Crippen LogP contribution is -2.36. The summed E-state index contributed by atoms with van der Waals surface area (Å²) in [6.45, 7) is 5.73. The first-order chi connectivity index (χ1) is 11.2. The molecule has 7 heteroatoms. The molecule has 0 atom stereocenters. The van der Waals surface area contributed by atoms with Gasteiger partial charge in [0.25, 0.3) is 0 Å². The number of aromatic nitrogens is 1. The lowest BCUT2D eigenvalue weighted by molar-refractivity contribution is 0.797. The molecule has 0 saturated heterocycles. The number of benzene rings is 1. The zero-order chi connectivity index (χ0) is 16.7. The summed E-state index contributed by atoms with van der Waals surface area (Å²) < 4.78 is 0. The van der Waals surface area contributed by atoms with Gasteiger partial charge < -0.3 is 10.6 Å². The number of thioether (sulfide) groups is 1. The van der Waals surface area contributed by atoms with Gasteiger partial charge in [-0.05, 0) is 36.8 Å². The molecule has 2 rings (SSSR count). The first-order valence-corrected chi connectivity index (χ1v) is 9.72. The van der Waals surface area contributed by atoms with Crippen LogP contribution in [0, 0.1) is 6.92 Å². The average molecular weight is 476 g/mol. The van der Waals surface area contributed by atoms with Gasteiger partial charge in [-0.3, -0.25) is 4.99 Å². The highest BCUT2D eigenvalue weighted by molar-refractivity contribution is 14.0. The number of hydrogen-bond acceptors (Lipinski definition) is 4. The molecule has 132 valence electrons. The first kappa shape index (κ1) is 21.2. The second-order valence-corrected chi connectivity index (χ2v) is 7.22. The molecule has 2 aromatic rings. The van der Waals surface area contributed by atoms with Crippen molar-refractivity contribution in [3.8, 4) is 0 Å². The Hall–Kier alpha value is -0.800. The monoisotopic (exact) mass is 476 g/mol. The van der Waals surface area contributed by atoms with Crippen LogP contribution in [0.5, 0.6) is 0 Å². The van der Waals surface area contributed by atoms with Gasteiger partial charge in [0.1, 0.15) is 5.01 Å². The van der Waals surface area contributed by atoms with E-state index in [9.17, 15) is 0 Å². The largest absolute Gasteiger partial charge is 0.352 e. The lowest BCUT2D eigenvalue weighted by atomic mass is 10.1. The van der Waals surface area contributed by atoms with E-state index in [-0.39, 0.29) is 24.0 Å². The second-order valence-electron chi connectivity index (χ2n) is 5.17. The summed E-state index contributed by atoms with van der Waals surface area (Å²) in [7, 11) is 1.79. The quantitative estimate of drug-likeness (QED) is 0.284. The molecule has 4 nitrogen and oxygen atoms in total. The predicted octanol–water partition coefficient (Wildman–Crippen LogP) is 4.22. The summed E-state index contributed by atoms with van der Waals surface area (Å²) in [5.41, 5.74) is 2.57. The standard InChI is InChI=1S/C17H24N4S2.HI/c1-5-14-10-19-16(23-14)11-21-17(18-3)20-9-13-7-6-12(2)8-15(13)22-4;/h6-8,10H,5,9,11H2,1-4H3,(H2,18,20,21);1H. The molecule has 1 heterocycles. The number of guanidine groups is 1. The summed E-state index contributed by atoms with van der Waals surface area (Å²) in [6.07, 6.45) is 5.10. The Bertz CT molecular complexity index is 670. The van der Waals surface area contributed by atoms with Gasteiger partial charge in [0.05, 0.1) is 6.54 Å². The smallest absolute Gasteiger partial charge is 0.191 e. The molecule has 0 aliphatic heterocycles. The van der Waals surface area contributed by atoms with Gasteiger partial charge in [0, 0.05) is 29.6 Å². The van der Waals surface area contributed by atoms with E-state index in [0.29, 0.717) is 6.54 Å². The Labute approximate surface area is 170 Å². The Balaban J connectivity index is 0.00000288. The van der Waals surface area contributed by atoms with E-state index in [1.165, 1.54) is 20.9 Å². The molecule has 0 bridgehead atoms. The van der Waals surface area contributed by atoms with Gasteiger partial charge in [0.2, 0.25) is 0 Å². The van der Waals surface area contributed by atoms with Gasteiger partial charge >= 0.3 is 0 Å². The van der Waals surface area contributed by atoms with Crippen molar-refractivity contribution in [3.05, 3.63) is 45.4 Å². The number of thiazole rings is 1. The maximum absolute atomic E-state index is 4.42. The van der Waals surface area contributed by atoms with Crippen LogP contribution in [0.1, 0.15) is 27.9 Å². The maximum Gasteiger partial charge on any atom is 0.191 e. The van der Waals surface area contributed by atoms with Crippen molar-refractivity contribution < 1.29 is 0 Å². The summed E-state index contributed by atoms with van der Waals surface area (Å²) >= 11 is 3.52. The van der Waals surface area contributed by atoms with Gasteiger partial charge in [-0.1, -0.05) is 19.1 Å². The van der Waals surface area contributed by atoms with Crippen LogP contribution in [0.15, 0.2) is 34.3 Å². The number of halogens is 1. The Kier molecular flexibility index (Phi) is 9.68. The fraction of sp³-hybridized carbons (Fsp3) is 0.412. The van der Waals surface area contributed by atoms with Crippen molar-refractivity contribution in [1.29, 1.82) is 0 Å². The number of rotatable bonds is 6. The number of nitrogens with one attached hydrogen (secondary N) is 2. The van der Waals surface area contributed by atoms with E-state index in [0.717, 1.165) is 23.9 Å². The van der Waals surface area contributed by atoms with Crippen LogP contribution < -0.4 is 10.6 Å². The minimum atomic E-state index is 0. The van der Waals surface area contributed by atoms with E-state index in [2.05, 4.69) is 58.9 Å². The third kappa shape index (κ3) is 6.25. The Morgan fingerprint density at radius 3 is 2.67 bits per heavy atom. The molecular formula is C17H25IN4S2. The first-order valence-electron chi connectivity index (χ1n) is 7.67. The highest BCUT2D eigenvalue weighted by Crippen LogP contribution is 2.21. The van der Waals surface area contributed by atoms with E-state index in [1.54, 1.807) is 30.1 Å². The van der Waals surface area contributed by atoms with Crippen molar-refractivity contribution in [2.24, 2.45) is 4.99 Å².